The highest BCUT2D eigenvalue weighted by molar-refractivity contribution is 7.91. The fraction of sp³-hybridized carbons (Fsp3) is 0.909. The second-order valence-corrected chi connectivity index (χ2v) is 7.03. The maximum Gasteiger partial charge on any atom is 0.410 e. The number of amides is 1. The molecule has 1 aliphatic rings. The molecule has 0 aromatic rings. The van der Waals surface area contributed by atoms with Crippen molar-refractivity contribution >= 4 is 15.9 Å². The van der Waals surface area contributed by atoms with Gasteiger partial charge in [0.15, 0.2) is 9.84 Å². The van der Waals surface area contributed by atoms with Crippen LogP contribution >= 0.6 is 0 Å². The Labute approximate surface area is 103 Å². The van der Waals surface area contributed by atoms with Crippen LogP contribution in [0.25, 0.3) is 0 Å². The second-order valence-electron chi connectivity index (χ2n) is 4.80. The molecule has 1 rings (SSSR count). The summed E-state index contributed by atoms with van der Waals surface area (Å²) < 4.78 is 27.8. The molecule has 1 fully saturated rings. The quantitative estimate of drug-likeness (QED) is 0.766. The van der Waals surface area contributed by atoms with Crippen molar-refractivity contribution in [2.75, 3.05) is 24.7 Å². The standard InChI is InChI=1S/C11H21NO4S/c1-4-16-11(13)12(7-9(2)3)10-5-6-17(14,15)8-10/h9-10H,4-8H2,1-3H3/t10-/m0/s1. The van der Waals surface area contributed by atoms with Crippen LogP contribution in [-0.2, 0) is 14.6 Å². The van der Waals surface area contributed by atoms with Crippen molar-refractivity contribution in [1.82, 2.24) is 4.90 Å². The number of carbonyl (C=O) groups is 1. The van der Waals surface area contributed by atoms with Gasteiger partial charge >= 0.3 is 6.09 Å². The van der Waals surface area contributed by atoms with Gasteiger partial charge in [-0.05, 0) is 19.3 Å². The van der Waals surface area contributed by atoms with Crippen LogP contribution in [0.5, 0.6) is 0 Å². The van der Waals surface area contributed by atoms with Gasteiger partial charge in [0.25, 0.3) is 0 Å². The number of hydrogen-bond donors (Lipinski definition) is 0. The summed E-state index contributed by atoms with van der Waals surface area (Å²) in [6.45, 7) is 6.59. The zero-order chi connectivity index (χ0) is 13.1. The lowest BCUT2D eigenvalue weighted by atomic mass is 10.1. The summed E-state index contributed by atoms with van der Waals surface area (Å²) in [5.74, 6) is 0.534. The molecule has 5 nitrogen and oxygen atoms in total. The lowest BCUT2D eigenvalue weighted by Gasteiger charge is -2.28. The molecule has 0 spiro atoms. The molecular weight excluding hydrogens is 242 g/mol. The SMILES string of the molecule is CCOC(=O)N(CC(C)C)[C@H]1CCS(=O)(=O)C1. The van der Waals surface area contributed by atoms with E-state index in [1.165, 1.54) is 0 Å². The van der Waals surface area contributed by atoms with Crippen molar-refractivity contribution in [1.29, 1.82) is 0 Å². The van der Waals surface area contributed by atoms with Gasteiger partial charge in [-0.25, -0.2) is 13.2 Å². The molecule has 17 heavy (non-hydrogen) atoms. The highest BCUT2D eigenvalue weighted by Gasteiger charge is 2.35. The Morgan fingerprint density at radius 3 is 2.53 bits per heavy atom. The Morgan fingerprint density at radius 2 is 2.12 bits per heavy atom. The first-order valence-corrected chi connectivity index (χ1v) is 7.81. The summed E-state index contributed by atoms with van der Waals surface area (Å²) in [5.41, 5.74) is 0. The van der Waals surface area contributed by atoms with Crippen LogP contribution in [0, 0.1) is 5.92 Å². The van der Waals surface area contributed by atoms with Crippen LogP contribution in [-0.4, -0.2) is 50.1 Å². The van der Waals surface area contributed by atoms with Gasteiger partial charge in [0.2, 0.25) is 0 Å². The Hall–Kier alpha value is -0.780. The Morgan fingerprint density at radius 1 is 1.47 bits per heavy atom. The molecule has 0 aromatic carbocycles. The first-order chi connectivity index (χ1) is 7.85. The first kappa shape index (κ1) is 14.3. The minimum absolute atomic E-state index is 0.0680. The van der Waals surface area contributed by atoms with Gasteiger partial charge in [0.05, 0.1) is 18.1 Å². The van der Waals surface area contributed by atoms with E-state index in [1.807, 2.05) is 13.8 Å². The number of hydrogen-bond acceptors (Lipinski definition) is 4. The predicted molar refractivity (Wildman–Crippen MR) is 65.6 cm³/mol. The number of sulfone groups is 1. The normalized spacial score (nSPS) is 22.7. The Bertz CT molecular complexity index is 364. The Balaban J connectivity index is 2.73. The summed E-state index contributed by atoms with van der Waals surface area (Å²) in [6, 6.07) is -0.221. The van der Waals surface area contributed by atoms with E-state index in [9.17, 15) is 13.2 Å². The van der Waals surface area contributed by atoms with E-state index >= 15 is 0 Å². The van der Waals surface area contributed by atoms with E-state index in [4.69, 9.17) is 4.74 Å². The van der Waals surface area contributed by atoms with Gasteiger partial charge in [-0.1, -0.05) is 13.8 Å². The van der Waals surface area contributed by atoms with E-state index in [2.05, 4.69) is 0 Å². The average Bonchev–Trinajstić information content (AvgIpc) is 2.55. The summed E-state index contributed by atoms with van der Waals surface area (Å²) >= 11 is 0. The number of rotatable bonds is 4. The van der Waals surface area contributed by atoms with Gasteiger partial charge in [-0.2, -0.15) is 0 Å². The molecule has 100 valence electrons. The smallest absolute Gasteiger partial charge is 0.410 e. The maximum absolute atomic E-state index is 11.8. The van der Waals surface area contributed by atoms with Crippen molar-refractivity contribution in [2.45, 2.75) is 33.2 Å². The van der Waals surface area contributed by atoms with Crippen LogP contribution in [0.15, 0.2) is 0 Å². The third-order valence-electron chi connectivity index (χ3n) is 2.71. The van der Waals surface area contributed by atoms with E-state index in [0.29, 0.717) is 25.5 Å². The fourth-order valence-electron chi connectivity index (χ4n) is 1.99. The summed E-state index contributed by atoms with van der Waals surface area (Å²) in [4.78, 5) is 13.4. The highest BCUT2D eigenvalue weighted by Crippen LogP contribution is 2.19. The van der Waals surface area contributed by atoms with Crippen LogP contribution in [0.3, 0.4) is 0 Å². The van der Waals surface area contributed by atoms with E-state index < -0.39 is 15.9 Å². The number of carbonyl (C=O) groups excluding carboxylic acids is 1. The van der Waals surface area contributed by atoms with Crippen molar-refractivity contribution in [2.24, 2.45) is 5.92 Å². The van der Waals surface area contributed by atoms with Crippen molar-refractivity contribution < 1.29 is 17.9 Å². The molecule has 0 radical (unpaired) electrons. The molecule has 0 unspecified atom stereocenters. The topological polar surface area (TPSA) is 63.7 Å². The molecule has 0 aliphatic carbocycles. The second kappa shape index (κ2) is 5.71. The zero-order valence-electron chi connectivity index (χ0n) is 10.7. The molecule has 0 bridgehead atoms. The summed E-state index contributed by atoms with van der Waals surface area (Å²) in [7, 11) is -2.97. The van der Waals surface area contributed by atoms with Crippen LogP contribution in [0.2, 0.25) is 0 Å². The lowest BCUT2D eigenvalue weighted by molar-refractivity contribution is 0.0888. The summed E-state index contributed by atoms with van der Waals surface area (Å²) in [5, 5.41) is 0. The average molecular weight is 263 g/mol. The Kier molecular flexibility index (Phi) is 4.80. The number of ether oxygens (including phenoxy) is 1. The van der Waals surface area contributed by atoms with E-state index in [0.717, 1.165) is 0 Å². The van der Waals surface area contributed by atoms with Gasteiger partial charge in [0.1, 0.15) is 0 Å². The molecule has 0 aromatic heterocycles. The van der Waals surface area contributed by atoms with Crippen LogP contribution in [0.4, 0.5) is 4.79 Å². The van der Waals surface area contributed by atoms with Gasteiger partial charge in [-0.15, -0.1) is 0 Å². The molecule has 6 heteroatoms. The minimum Gasteiger partial charge on any atom is -0.450 e. The van der Waals surface area contributed by atoms with Gasteiger partial charge < -0.3 is 9.64 Å². The van der Waals surface area contributed by atoms with Crippen LogP contribution < -0.4 is 0 Å². The molecule has 1 saturated heterocycles. The molecule has 1 atom stereocenters. The molecule has 1 amide bonds. The third kappa shape index (κ3) is 4.18. The van der Waals surface area contributed by atoms with Crippen molar-refractivity contribution in [3.63, 3.8) is 0 Å². The lowest BCUT2D eigenvalue weighted by Crippen LogP contribution is -2.43. The molecule has 0 saturated carbocycles. The number of nitrogens with zero attached hydrogens (tertiary/aromatic N) is 1. The molecular formula is C11H21NO4S. The van der Waals surface area contributed by atoms with Crippen molar-refractivity contribution in [3.05, 3.63) is 0 Å². The van der Waals surface area contributed by atoms with Gasteiger partial charge in [0, 0.05) is 12.6 Å². The zero-order valence-corrected chi connectivity index (χ0v) is 11.5. The molecule has 1 aliphatic heterocycles. The maximum atomic E-state index is 11.8. The minimum atomic E-state index is -2.97. The van der Waals surface area contributed by atoms with Crippen LogP contribution in [0.1, 0.15) is 27.2 Å². The largest absolute Gasteiger partial charge is 0.450 e. The molecule has 0 N–H and O–H groups in total. The predicted octanol–water partition coefficient (Wildman–Crippen LogP) is 1.29. The first-order valence-electron chi connectivity index (χ1n) is 5.99. The molecule has 1 heterocycles. The monoisotopic (exact) mass is 263 g/mol. The van der Waals surface area contributed by atoms with Gasteiger partial charge in [-0.3, -0.25) is 0 Å². The third-order valence-corrected chi connectivity index (χ3v) is 4.46. The summed E-state index contributed by atoms with van der Waals surface area (Å²) in [6.07, 6.45) is 0.122. The highest BCUT2D eigenvalue weighted by atomic mass is 32.2. The van der Waals surface area contributed by atoms with E-state index in [1.54, 1.807) is 11.8 Å². The van der Waals surface area contributed by atoms with E-state index in [-0.39, 0.29) is 17.5 Å². The van der Waals surface area contributed by atoms with Crippen molar-refractivity contribution in [3.8, 4) is 0 Å². The fourth-order valence-corrected chi connectivity index (χ4v) is 3.72.